The lowest BCUT2D eigenvalue weighted by Crippen LogP contribution is -2.28. The van der Waals surface area contributed by atoms with Crippen LogP contribution in [-0.2, 0) is 23.9 Å². The number of aliphatic hydroxyl groups is 3. The molecule has 1 fully saturated rings. The summed E-state index contributed by atoms with van der Waals surface area (Å²) in [6.45, 7) is 6.24. The molecule has 1 saturated carbocycles. The second kappa shape index (κ2) is 32.6. The van der Waals surface area contributed by atoms with Gasteiger partial charge in [-0.3, -0.25) is 14.4 Å². The van der Waals surface area contributed by atoms with Crippen molar-refractivity contribution in [2.24, 2.45) is 17.8 Å². The Hall–Kier alpha value is -1.77. The monoisotopic (exact) mass is 737 g/mol. The Morgan fingerprint density at radius 1 is 0.750 bits per heavy atom. The Morgan fingerprint density at radius 3 is 1.83 bits per heavy atom. The summed E-state index contributed by atoms with van der Waals surface area (Å²) in [6, 6.07) is 0. The van der Waals surface area contributed by atoms with Crippen molar-refractivity contribution in [2.75, 3.05) is 13.2 Å². The molecule has 0 aromatic heterocycles. The predicted molar refractivity (Wildman–Crippen MR) is 211 cm³/mol. The first-order chi connectivity index (χ1) is 25.2. The largest absolute Gasteiger partial charge is 0.462 e. The molecule has 0 bridgehead atoms. The fourth-order valence-electron chi connectivity index (χ4n) is 7.25. The van der Waals surface area contributed by atoms with E-state index in [0.29, 0.717) is 25.7 Å². The molecular formula is C44H80O8. The van der Waals surface area contributed by atoms with E-state index < -0.39 is 30.9 Å². The van der Waals surface area contributed by atoms with Gasteiger partial charge in [0.2, 0.25) is 0 Å². The Kier molecular flexibility index (Phi) is 30.3. The van der Waals surface area contributed by atoms with Gasteiger partial charge in [0.05, 0.1) is 18.8 Å². The Morgan fingerprint density at radius 2 is 1.27 bits per heavy atom. The Balaban J connectivity index is 2.03. The van der Waals surface area contributed by atoms with Crippen molar-refractivity contribution >= 4 is 17.7 Å². The zero-order chi connectivity index (χ0) is 38.2. The molecule has 0 spiro atoms. The zero-order valence-corrected chi connectivity index (χ0v) is 33.7. The topological polar surface area (TPSA) is 130 Å². The Bertz CT molecular complexity index is 920. The molecule has 0 aliphatic heterocycles. The number of aliphatic hydroxyl groups excluding tert-OH is 3. The molecule has 304 valence electrons. The summed E-state index contributed by atoms with van der Waals surface area (Å²) in [5.41, 5.74) is 0. The van der Waals surface area contributed by atoms with Crippen LogP contribution in [-0.4, -0.2) is 64.6 Å². The maximum Gasteiger partial charge on any atom is 0.306 e. The van der Waals surface area contributed by atoms with Crippen LogP contribution < -0.4 is 0 Å². The molecule has 0 saturated heterocycles. The zero-order valence-electron chi connectivity index (χ0n) is 33.7. The molecule has 0 aromatic carbocycles. The third-order valence-electron chi connectivity index (χ3n) is 11.0. The SMILES string of the molecule is CCCCC[C@H](O)/C=C/[C@H]1[C@H](O)CC(=O)[C@@H]1CCCCCCC(=O)O[C@@H](CO)COC(=O)CCCCCCCCCCCCCCCCC(C)CC. The van der Waals surface area contributed by atoms with Gasteiger partial charge >= 0.3 is 11.9 Å². The molecule has 1 rings (SSSR count). The van der Waals surface area contributed by atoms with Gasteiger partial charge in [-0.05, 0) is 31.6 Å². The van der Waals surface area contributed by atoms with E-state index in [9.17, 15) is 29.7 Å². The highest BCUT2D eigenvalue weighted by Gasteiger charge is 2.39. The molecular weight excluding hydrogens is 656 g/mol. The van der Waals surface area contributed by atoms with Crippen LogP contribution in [0.25, 0.3) is 0 Å². The maximum absolute atomic E-state index is 12.5. The van der Waals surface area contributed by atoms with Gasteiger partial charge in [0, 0.05) is 31.1 Å². The van der Waals surface area contributed by atoms with Gasteiger partial charge in [-0.1, -0.05) is 168 Å². The number of ketones is 1. The Labute approximate surface area is 318 Å². The average Bonchev–Trinajstić information content (AvgIpc) is 3.40. The fraction of sp³-hybridized carbons (Fsp3) is 0.886. The van der Waals surface area contributed by atoms with E-state index in [-0.39, 0.29) is 43.0 Å². The van der Waals surface area contributed by atoms with Crippen LogP contribution in [0, 0.1) is 17.8 Å². The standard InChI is InChI=1S/C44H80O8/c1-4-6-21-27-37(46)31-32-40-39(41(47)33-42(40)48)28-23-19-20-25-30-44(50)52-38(34-45)35-51-43(49)29-24-18-16-14-12-10-8-7-9-11-13-15-17-22-26-36(3)5-2/h31-32,36-40,42,45-46,48H,4-30,33-35H2,1-3H3/b32-31+/t36?,37-,38-,39+,40+,42+/m0/s1. The van der Waals surface area contributed by atoms with Gasteiger partial charge in [-0.15, -0.1) is 0 Å². The average molecular weight is 737 g/mol. The molecule has 3 N–H and O–H groups in total. The number of unbranched alkanes of at least 4 members (excludes halogenated alkanes) is 18. The second-order valence-electron chi connectivity index (χ2n) is 15.8. The molecule has 1 aliphatic rings. The first kappa shape index (κ1) is 48.2. The summed E-state index contributed by atoms with van der Waals surface area (Å²) in [4.78, 5) is 37.0. The van der Waals surface area contributed by atoms with Gasteiger partial charge in [0.15, 0.2) is 6.10 Å². The summed E-state index contributed by atoms with van der Waals surface area (Å²) >= 11 is 0. The number of ether oxygens (including phenoxy) is 2. The van der Waals surface area contributed by atoms with Gasteiger partial charge in [0.1, 0.15) is 12.4 Å². The highest BCUT2D eigenvalue weighted by atomic mass is 16.6. The highest BCUT2D eigenvalue weighted by molar-refractivity contribution is 5.84. The fourth-order valence-corrected chi connectivity index (χ4v) is 7.25. The van der Waals surface area contributed by atoms with Crippen molar-refractivity contribution in [1.29, 1.82) is 0 Å². The number of carbonyl (C=O) groups excluding carboxylic acids is 3. The van der Waals surface area contributed by atoms with Crippen LogP contribution in [0.2, 0.25) is 0 Å². The number of Topliss-reactive ketones (excluding diaryl/α,β-unsaturated/α-hetero) is 1. The predicted octanol–water partition coefficient (Wildman–Crippen LogP) is 10.1. The molecule has 52 heavy (non-hydrogen) atoms. The molecule has 8 heteroatoms. The number of hydrogen-bond donors (Lipinski definition) is 3. The minimum Gasteiger partial charge on any atom is -0.462 e. The smallest absolute Gasteiger partial charge is 0.306 e. The highest BCUT2D eigenvalue weighted by Crippen LogP contribution is 2.34. The molecule has 0 heterocycles. The number of carbonyl (C=O) groups is 3. The normalized spacial score (nSPS) is 19.3. The first-order valence-corrected chi connectivity index (χ1v) is 21.7. The summed E-state index contributed by atoms with van der Waals surface area (Å²) in [7, 11) is 0. The van der Waals surface area contributed by atoms with E-state index in [1.54, 1.807) is 6.08 Å². The molecule has 1 unspecified atom stereocenters. The number of rotatable bonds is 35. The van der Waals surface area contributed by atoms with E-state index in [0.717, 1.165) is 63.7 Å². The molecule has 0 aromatic rings. The van der Waals surface area contributed by atoms with Crippen molar-refractivity contribution in [3.63, 3.8) is 0 Å². The first-order valence-electron chi connectivity index (χ1n) is 21.7. The van der Waals surface area contributed by atoms with Crippen molar-refractivity contribution in [3.8, 4) is 0 Å². The summed E-state index contributed by atoms with van der Waals surface area (Å²) in [5.74, 6) is -0.258. The second-order valence-corrected chi connectivity index (χ2v) is 15.8. The van der Waals surface area contributed by atoms with Crippen molar-refractivity contribution < 1.29 is 39.2 Å². The molecule has 0 amide bonds. The van der Waals surface area contributed by atoms with Gasteiger partial charge in [-0.2, -0.15) is 0 Å². The summed E-state index contributed by atoms with van der Waals surface area (Å²) in [6.07, 6.45) is 30.2. The van der Waals surface area contributed by atoms with Crippen molar-refractivity contribution in [1.82, 2.24) is 0 Å². The van der Waals surface area contributed by atoms with E-state index in [4.69, 9.17) is 9.47 Å². The number of esters is 2. The van der Waals surface area contributed by atoms with E-state index in [2.05, 4.69) is 20.8 Å². The molecule has 1 aliphatic carbocycles. The van der Waals surface area contributed by atoms with Gasteiger partial charge in [-0.25, -0.2) is 0 Å². The van der Waals surface area contributed by atoms with E-state index in [1.165, 1.54) is 83.5 Å². The van der Waals surface area contributed by atoms with Gasteiger partial charge in [0.25, 0.3) is 0 Å². The van der Waals surface area contributed by atoms with Crippen molar-refractivity contribution in [2.45, 2.75) is 219 Å². The van der Waals surface area contributed by atoms with Crippen LogP contribution in [0.3, 0.4) is 0 Å². The van der Waals surface area contributed by atoms with Crippen molar-refractivity contribution in [3.05, 3.63) is 12.2 Å². The lowest BCUT2D eigenvalue weighted by molar-refractivity contribution is -0.161. The third-order valence-corrected chi connectivity index (χ3v) is 11.0. The van der Waals surface area contributed by atoms with E-state index >= 15 is 0 Å². The minimum absolute atomic E-state index is 0.0806. The summed E-state index contributed by atoms with van der Waals surface area (Å²) in [5, 5.41) is 30.2. The van der Waals surface area contributed by atoms with Crippen LogP contribution >= 0.6 is 0 Å². The van der Waals surface area contributed by atoms with Crippen LogP contribution in [0.1, 0.15) is 201 Å². The lowest BCUT2D eigenvalue weighted by atomic mass is 9.88. The molecule has 0 radical (unpaired) electrons. The van der Waals surface area contributed by atoms with Crippen LogP contribution in [0.15, 0.2) is 12.2 Å². The van der Waals surface area contributed by atoms with Crippen LogP contribution in [0.5, 0.6) is 0 Å². The molecule has 6 atom stereocenters. The quantitative estimate of drug-likeness (QED) is 0.0333. The maximum atomic E-state index is 12.5. The van der Waals surface area contributed by atoms with Gasteiger partial charge < -0.3 is 24.8 Å². The number of hydrogen-bond acceptors (Lipinski definition) is 8. The summed E-state index contributed by atoms with van der Waals surface area (Å²) < 4.78 is 10.6. The third kappa shape index (κ3) is 25.3. The minimum atomic E-state index is -0.856. The molecule has 8 nitrogen and oxygen atoms in total. The lowest BCUT2D eigenvalue weighted by Gasteiger charge is -2.18. The van der Waals surface area contributed by atoms with E-state index in [1.807, 2.05) is 6.08 Å². The van der Waals surface area contributed by atoms with Crippen LogP contribution in [0.4, 0.5) is 0 Å².